The third-order valence-corrected chi connectivity index (χ3v) is 3.04. The van der Waals surface area contributed by atoms with Gasteiger partial charge in [0.25, 0.3) is 0 Å². The minimum Gasteiger partial charge on any atom is -0.493 e. The predicted molar refractivity (Wildman–Crippen MR) is 82.7 cm³/mol. The van der Waals surface area contributed by atoms with Gasteiger partial charge in [0.05, 0.1) is 14.2 Å². The monoisotopic (exact) mass is 293 g/mol. The number of likely N-dealkylation sites (N-methyl/N-ethyl adjacent to an activating group) is 1. The van der Waals surface area contributed by atoms with Gasteiger partial charge < -0.3 is 19.1 Å². The molecule has 21 heavy (non-hydrogen) atoms. The highest BCUT2D eigenvalue weighted by atomic mass is 16.5. The van der Waals surface area contributed by atoms with E-state index in [4.69, 9.17) is 14.2 Å². The van der Waals surface area contributed by atoms with E-state index in [1.165, 1.54) is 0 Å². The molecule has 0 saturated carbocycles. The first kappa shape index (κ1) is 17.0. The molecule has 116 valence electrons. The molecule has 0 aromatic heterocycles. The Morgan fingerprint density at radius 2 is 1.90 bits per heavy atom. The fourth-order valence-electron chi connectivity index (χ4n) is 1.81. The molecule has 0 saturated heterocycles. The summed E-state index contributed by atoms with van der Waals surface area (Å²) in [4.78, 5) is 13.6. The number of ether oxygens (including phenoxy) is 3. The highest BCUT2D eigenvalue weighted by molar-refractivity contribution is 5.91. The summed E-state index contributed by atoms with van der Waals surface area (Å²) in [5, 5.41) is 0. The second-order valence-electron chi connectivity index (χ2n) is 4.55. The predicted octanol–water partition coefficient (Wildman–Crippen LogP) is 2.21. The lowest BCUT2D eigenvalue weighted by Crippen LogP contribution is -2.26. The molecule has 1 rings (SSSR count). The van der Waals surface area contributed by atoms with Crippen LogP contribution >= 0.6 is 0 Å². The second kappa shape index (κ2) is 9.02. The Kier molecular flexibility index (Phi) is 7.32. The standard InChI is InChI=1S/C16H23NO4/c1-17(10-5-11-19-2)16(18)9-7-13-6-8-14(20-3)15(12-13)21-4/h6-9,12H,5,10-11H2,1-4H3/b9-7+. The van der Waals surface area contributed by atoms with Crippen LogP contribution in [-0.2, 0) is 9.53 Å². The number of hydrogen-bond donors (Lipinski definition) is 0. The summed E-state index contributed by atoms with van der Waals surface area (Å²) in [5.41, 5.74) is 0.881. The number of hydrogen-bond acceptors (Lipinski definition) is 4. The van der Waals surface area contributed by atoms with Crippen molar-refractivity contribution < 1.29 is 19.0 Å². The van der Waals surface area contributed by atoms with E-state index in [-0.39, 0.29) is 5.91 Å². The molecule has 5 heteroatoms. The number of carbonyl (C=O) groups is 1. The average Bonchev–Trinajstić information content (AvgIpc) is 2.52. The van der Waals surface area contributed by atoms with Crippen LogP contribution in [0.4, 0.5) is 0 Å². The molecule has 0 fully saturated rings. The molecule has 0 aliphatic rings. The highest BCUT2D eigenvalue weighted by Crippen LogP contribution is 2.27. The summed E-state index contributed by atoms with van der Waals surface area (Å²) in [6.45, 7) is 1.32. The van der Waals surface area contributed by atoms with Crippen LogP contribution in [-0.4, -0.2) is 52.3 Å². The SMILES string of the molecule is COCCCN(C)C(=O)/C=C/c1ccc(OC)c(OC)c1. The summed E-state index contributed by atoms with van der Waals surface area (Å²) in [6.07, 6.45) is 4.13. The van der Waals surface area contributed by atoms with Gasteiger partial charge in [0.15, 0.2) is 11.5 Å². The van der Waals surface area contributed by atoms with Crippen molar-refractivity contribution in [3.63, 3.8) is 0 Å². The average molecular weight is 293 g/mol. The molecule has 0 aliphatic heterocycles. The van der Waals surface area contributed by atoms with Crippen LogP contribution in [0.5, 0.6) is 11.5 Å². The first-order valence-corrected chi connectivity index (χ1v) is 6.76. The molecule has 1 aromatic carbocycles. The van der Waals surface area contributed by atoms with E-state index in [1.807, 2.05) is 18.2 Å². The fourth-order valence-corrected chi connectivity index (χ4v) is 1.81. The molecule has 0 spiro atoms. The Balaban J connectivity index is 2.65. The van der Waals surface area contributed by atoms with Gasteiger partial charge in [-0.05, 0) is 30.2 Å². The third kappa shape index (κ3) is 5.47. The van der Waals surface area contributed by atoms with Crippen LogP contribution in [0.3, 0.4) is 0 Å². The smallest absolute Gasteiger partial charge is 0.246 e. The van der Waals surface area contributed by atoms with Crippen LogP contribution < -0.4 is 9.47 Å². The van der Waals surface area contributed by atoms with Crippen LogP contribution in [0.2, 0.25) is 0 Å². The summed E-state index contributed by atoms with van der Waals surface area (Å²) in [5.74, 6) is 1.26. The minimum atomic E-state index is -0.0408. The van der Waals surface area contributed by atoms with E-state index in [9.17, 15) is 4.79 Å². The Morgan fingerprint density at radius 1 is 1.19 bits per heavy atom. The van der Waals surface area contributed by atoms with Crippen LogP contribution in [0.15, 0.2) is 24.3 Å². The zero-order valence-electron chi connectivity index (χ0n) is 13.1. The molecule has 0 radical (unpaired) electrons. The van der Waals surface area contributed by atoms with Crippen molar-refractivity contribution in [3.8, 4) is 11.5 Å². The van der Waals surface area contributed by atoms with Crippen molar-refractivity contribution in [3.05, 3.63) is 29.8 Å². The van der Waals surface area contributed by atoms with E-state index < -0.39 is 0 Å². The number of nitrogens with zero attached hydrogens (tertiary/aromatic N) is 1. The Hall–Kier alpha value is -2.01. The normalized spacial score (nSPS) is 10.7. The Morgan fingerprint density at radius 3 is 2.52 bits per heavy atom. The van der Waals surface area contributed by atoms with Crippen molar-refractivity contribution in [1.29, 1.82) is 0 Å². The lowest BCUT2D eigenvalue weighted by atomic mass is 10.2. The summed E-state index contributed by atoms with van der Waals surface area (Å²) in [6, 6.07) is 5.51. The quantitative estimate of drug-likeness (QED) is 0.544. The number of benzene rings is 1. The molecule has 1 amide bonds. The number of carbonyl (C=O) groups excluding carboxylic acids is 1. The van der Waals surface area contributed by atoms with E-state index in [0.717, 1.165) is 12.0 Å². The zero-order chi connectivity index (χ0) is 15.7. The molecular formula is C16H23NO4. The highest BCUT2D eigenvalue weighted by Gasteiger charge is 2.05. The van der Waals surface area contributed by atoms with Crippen LogP contribution in [0.25, 0.3) is 6.08 Å². The van der Waals surface area contributed by atoms with Gasteiger partial charge in [-0.15, -0.1) is 0 Å². The fraction of sp³-hybridized carbons (Fsp3) is 0.438. The maximum atomic E-state index is 11.9. The van der Waals surface area contributed by atoms with Crippen molar-refractivity contribution in [2.24, 2.45) is 0 Å². The molecule has 0 aliphatic carbocycles. The summed E-state index contributed by atoms with van der Waals surface area (Å²) in [7, 11) is 6.60. The maximum absolute atomic E-state index is 11.9. The van der Waals surface area contributed by atoms with Gasteiger partial charge in [-0.1, -0.05) is 6.07 Å². The second-order valence-corrected chi connectivity index (χ2v) is 4.55. The molecule has 1 aromatic rings. The Labute approximate surface area is 126 Å². The van der Waals surface area contributed by atoms with Crippen LogP contribution in [0, 0.1) is 0 Å². The van der Waals surface area contributed by atoms with Crippen molar-refractivity contribution in [2.45, 2.75) is 6.42 Å². The molecule has 0 heterocycles. The van der Waals surface area contributed by atoms with E-state index >= 15 is 0 Å². The first-order chi connectivity index (χ1) is 10.1. The summed E-state index contributed by atoms with van der Waals surface area (Å²) < 4.78 is 15.4. The van der Waals surface area contributed by atoms with Gasteiger partial charge in [0.1, 0.15) is 0 Å². The molecule has 5 nitrogen and oxygen atoms in total. The Bertz CT molecular complexity index is 485. The molecular weight excluding hydrogens is 270 g/mol. The van der Waals surface area contributed by atoms with Gasteiger partial charge in [0.2, 0.25) is 5.91 Å². The molecule has 0 N–H and O–H groups in total. The van der Waals surface area contributed by atoms with Crippen molar-refractivity contribution in [1.82, 2.24) is 4.90 Å². The lowest BCUT2D eigenvalue weighted by Gasteiger charge is -2.14. The van der Waals surface area contributed by atoms with E-state index in [1.54, 1.807) is 45.4 Å². The van der Waals surface area contributed by atoms with Gasteiger partial charge in [-0.25, -0.2) is 0 Å². The molecule has 0 unspecified atom stereocenters. The third-order valence-electron chi connectivity index (χ3n) is 3.04. The van der Waals surface area contributed by atoms with Gasteiger partial charge in [0, 0.05) is 33.4 Å². The van der Waals surface area contributed by atoms with Crippen molar-refractivity contribution in [2.75, 3.05) is 41.5 Å². The maximum Gasteiger partial charge on any atom is 0.246 e. The van der Waals surface area contributed by atoms with Crippen LogP contribution in [0.1, 0.15) is 12.0 Å². The largest absolute Gasteiger partial charge is 0.493 e. The number of methoxy groups -OCH3 is 3. The minimum absolute atomic E-state index is 0.0408. The zero-order valence-corrected chi connectivity index (χ0v) is 13.1. The summed E-state index contributed by atoms with van der Waals surface area (Å²) >= 11 is 0. The molecule has 0 bridgehead atoms. The van der Waals surface area contributed by atoms with E-state index in [2.05, 4.69) is 0 Å². The molecule has 0 atom stereocenters. The van der Waals surface area contributed by atoms with Crippen molar-refractivity contribution >= 4 is 12.0 Å². The van der Waals surface area contributed by atoms with E-state index in [0.29, 0.717) is 24.7 Å². The van der Waals surface area contributed by atoms with Gasteiger partial charge >= 0.3 is 0 Å². The number of amides is 1. The topological polar surface area (TPSA) is 48.0 Å². The van der Waals surface area contributed by atoms with Gasteiger partial charge in [-0.3, -0.25) is 4.79 Å². The number of rotatable bonds is 8. The first-order valence-electron chi connectivity index (χ1n) is 6.76. The lowest BCUT2D eigenvalue weighted by molar-refractivity contribution is -0.124. The van der Waals surface area contributed by atoms with Gasteiger partial charge in [-0.2, -0.15) is 0 Å².